The largest absolute Gasteiger partial charge is 0.368 e. The standard InChI is InChI=1S/C18H22N2O2S/c1-15-5-3-4-6-18(15)20-13-11-19(12-14-20)16-7-9-17(10-8-16)23(2,21)22/h3-10H,11-14H2,1-2H3. The number of anilines is 2. The number of rotatable bonds is 3. The minimum absolute atomic E-state index is 0.375. The van der Waals surface area contributed by atoms with Gasteiger partial charge in [0.05, 0.1) is 4.90 Å². The summed E-state index contributed by atoms with van der Waals surface area (Å²) in [6, 6.07) is 15.7. The lowest BCUT2D eigenvalue weighted by Gasteiger charge is -2.38. The second-order valence-corrected chi connectivity index (χ2v) is 8.04. The van der Waals surface area contributed by atoms with Crippen LogP contribution in [0.3, 0.4) is 0 Å². The Labute approximate surface area is 138 Å². The fourth-order valence-corrected chi connectivity index (χ4v) is 3.66. The molecule has 3 rings (SSSR count). The van der Waals surface area contributed by atoms with Crippen molar-refractivity contribution in [2.24, 2.45) is 0 Å². The quantitative estimate of drug-likeness (QED) is 0.868. The molecule has 1 heterocycles. The van der Waals surface area contributed by atoms with Crippen molar-refractivity contribution < 1.29 is 8.42 Å². The summed E-state index contributed by atoms with van der Waals surface area (Å²) in [6.45, 7) is 5.96. The summed E-state index contributed by atoms with van der Waals surface area (Å²) >= 11 is 0. The van der Waals surface area contributed by atoms with Crippen molar-refractivity contribution in [3.8, 4) is 0 Å². The molecule has 1 aliphatic heterocycles. The summed E-state index contributed by atoms with van der Waals surface area (Å²) < 4.78 is 23.1. The van der Waals surface area contributed by atoms with E-state index in [1.807, 2.05) is 12.1 Å². The third-order valence-corrected chi connectivity index (χ3v) is 5.49. The van der Waals surface area contributed by atoms with Crippen LogP contribution in [0.15, 0.2) is 53.4 Å². The van der Waals surface area contributed by atoms with Gasteiger partial charge in [0.1, 0.15) is 0 Å². The van der Waals surface area contributed by atoms with Crippen molar-refractivity contribution in [2.75, 3.05) is 42.2 Å². The minimum Gasteiger partial charge on any atom is -0.368 e. The highest BCUT2D eigenvalue weighted by molar-refractivity contribution is 7.90. The molecule has 0 atom stereocenters. The molecule has 4 nitrogen and oxygen atoms in total. The molecule has 23 heavy (non-hydrogen) atoms. The summed E-state index contributed by atoms with van der Waals surface area (Å²) in [7, 11) is -3.13. The zero-order valence-electron chi connectivity index (χ0n) is 13.6. The smallest absolute Gasteiger partial charge is 0.175 e. The molecule has 1 aliphatic rings. The van der Waals surface area contributed by atoms with Crippen LogP contribution in [-0.2, 0) is 9.84 Å². The van der Waals surface area contributed by atoms with Gasteiger partial charge in [-0.1, -0.05) is 18.2 Å². The van der Waals surface area contributed by atoms with Crippen LogP contribution >= 0.6 is 0 Å². The maximum Gasteiger partial charge on any atom is 0.175 e. The Morgan fingerprint density at radius 3 is 1.96 bits per heavy atom. The molecular formula is C18H22N2O2S. The van der Waals surface area contributed by atoms with E-state index in [1.54, 1.807) is 12.1 Å². The lowest BCUT2D eigenvalue weighted by molar-refractivity contribution is 0.602. The molecule has 0 bridgehead atoms. The minimum atomic E-state index is -3.13. The van der Waals surface area contributed by atoms with Crippen LogP contribution in [0, 0.1) is 6.92 Å². The van der Waals surface area contributed by atoms with Crippen LogP contribution in [0.4, 0.5) is 11.4 Å². The molecule has 1 saturated heterocycles. The number of nitrogens with zero attached hydrogens (tertiary/aromatic N) is 2. The second kappa shape index (κ2) is 6.24. The highest BCUT2D eigenvalue weighted by Gasteiger charge is 2.18. The van der Waals surface area contributed by atoms with E-state index in [1.165, 1.54) is 17.5 Å². The lowest BCUT2D eigenvalue weighted by atomic mass is 10.1. The van der Waals surface area contributed by atoms with E-state index >= 15 is 0 Å². The number of sulfone groups is 1. The van der Waals surface area contributed by atoms with Gasteiger partial charge in [-0.3, -0.25) is 0 Å². The zero-order chi connectivity index (χ0) is 16.4. The maximum absolute atomic E-state index is 11.5. The maximum atomic E-state index is 11.5. The van der Waals surface area contributed by atoms with E-state index < -0.39 is 9.84 Å². The second-order valence-electron chi connectivity index (χ2n) is 6.03. The third-order valence-electron chi connectivity index (χ3n) is 4.37. The monoisotopic (exact) mass is 330 g/mol. The molecule has 2 aromatic rings. The van der Waals surface area contributed by atoms with Gasteiger partial charge in [-0.05, 0) is 42.8 Å². The molecule has 0 saturated carbocycles. The Kier molecular flexibility index (Phi) is 4.31. The van der Waals surface area contributed by atoms with Crippen molar-refractivity contribution in [3.63, 3.8) is 0 Å². The van der Waals surface area contributed by atoms with E-state index in [-0.39, 0.29) is 0 Å². The van der Waals surface area contributed by atoms with Crippen LogP contribution in [0.1, 0.15) is 5.56 Å². The van der Waals surface area contributed by atoms with Crippen molar-refractivity contribution in [1.82, 2.24) is 0 Å². The average molecular weight is 330 g/mol. The number of piperazine rings is 1. The van der Waals surface area contributed by atoms with Crippen molar-refractivity contribution in [2.45, 2.75) is 11.8 Å². The Balaban J connectivity index is 1.68. The molecular weight excluding hydrogens is 308 g/mol. The fraction of sp³-hybridized carbons (Fsp3) is 0.333. The van der Waals surface area contributed by atoms with Crippen molar-refractivity contribution in [3.05, 3.63) is 54.1 Å². The summed E-state index contributed by atoms with van der Waals surface area (Å²) in [4.78, 5) is 5.09. The first-order valence-corrected chi connectivity index (χ1v) is 9.70. The van der Waals surface area contributed by atoms with E-state index in [9.17, 15) is 8.42 Å². The third kappa shape index (κ3) is 3.50. The molecule has 0 spiro atoms. The van der Waals surface area contributed by atoms with Gasteiger partial charge in [-0.2, -0.15) is 0 Å². The van der Waals surface area contributed by atoms with Gasteiger partial charge in [0, 0.05) is 43.8 Å². The topological polar surface area (TPSA) is 40.6 Å². The Morgan fingerprint density at radius 1 is 0.826 bits per heavy atom. The van der Waals surface area contributed by atoms with Crippen LogP contribution in [0.2, 0.25) is 0 Å². The Hall–Kier alpha value is -2.01. The molecule has 0 N–H and O–H groups in total. The van der Waals surface area contributed by atoms with Crippen LogP contribution in [0.25, 0.3) is 0 Å². The van der Waals surface area contributed by atoms with Gasteiger partial charge in [0.25, 0.3) is 0 Å². The van der Waals surface area contributed by atoms with Crippen LogP contribution < -0.4 is 9.80 Å². The molecule has 5 heteroatoms. The highest BCUT2D eigenvalue weighted by Crippen LogP contribution is 2.24. The first-order chi connectivity index (χ1) is 10.9. The number of hydrogen-bond acceptors (Lipinski definition) is 4. The molecule has 2 aromatic carbocycles. The molecule has 0 aliphatic carbocycles. The van der Waals surface area contributed by atoms with E-state index in [0.717, 1.165) is 31.9 Å². The predicted molar refractivity (Wildman–Crippen MR) is 95.2 cm³/mol. The van der Waals surface area contributed by atoms with Gasteiger partial charge in [-0.15, -0.1) is 0 Å². The molecule has 0 aromatic heterocycles. The number of hydrogen-bond donors (Lipinski definition) is 0. The molecule has 122 valence electrons. The van der Waals surface area contributed by atoms with Gasteiger partial charge < -0.3 is 9.80 Å². The van der Waals surface area contributed by atoms with Crippen LogP contribution in [0.5, 0.6) is 0 Å². The fourth-order valence-electron chi connectivity index (χ4n) is 3.03. The van der Waals surface area contributed by atoms with E-state index in [2.05, 4.69) is 41.0 Å². The van der Waals surface area contributed by atoms with Gasteiger partial charge >= 0.3 is 0 Å². The summed E-state index contributed by atoms with van der Waals surface area (Å²) in [5.74, 6) is 0. The van der Waals surface area contributed by atoms with E-state index in [0.29, 0.717) is 4.90 Å². The van der Waals surface area contributed by atoms with Crippen molar-refractivity contribution in [1.29, 1.82) is 0 Å². The first kappa shape index (κ1) is 15.9. The Morgan fingerprint density at radius 2 is 1.39 bits per heavy atom. The summed E-state index contributed by atoms with van der Waals surface area (Å²) in [6.07, 6.45) is 1.24. The lowest BCUT2D eigenvalue weighted by Crippen LogP contribution is -2.46. The van der Waals surface area contributed by atoms with Gasteiger partial charge in [-0.25, -0.2) is 8.42 Å². The molecule has 0 amide bonds. The van der Waals surface area contributed by atoms with Crippen LogP contribution in [-0.4, -0.2) is 40.9 Å². The van der Waals surface area contributed by atoms with Gasteiger partial charge in [0.2, 0.25) is 0 Å². The van der Waals surface area contributed by atoms with E-state index in [4.69, 9.17) is 0 Å². The highest BCUT2D eigenvalue weighted by atomic mass is 32.2. The number of aryl methyl sites for hydroxylation is 1. The van der Waals surface area contributed by atoms with Crippen molar-refractivity contribution >= 4 is 21.2 Å². The normalized spacial score (nSPS) is 15.7. The predicted octanol–water partition coefficient (Wildman–Crippen LogP) is 2.73. The van der Waals surface area contributed by atoms with Gasteiger partial charge in [0.15, 0.2) is 9.84 Å². The number of benzene rings is 2. The molecule has 0 radical (unpaired) electrons. The summed E-state index contributed by atoms with van der Waals surface area (Å²) in [5, 5.41) is 0. The zero-order valence-corrected chi connectivity index (χ0v) is 14.4. The molecule has 1 fully saturated rings. The first-order valence-electron chi connectivity index (χ1n) is 7.81. The number of para-hydroxylation sites is 1. The average Bonchev–Trinajstić information content (AvgIpc) is 2.55. The summed E-state index contributed by atoms with van der Waals surface area (Å²) in [5.41, 5.74) is 3.69. The SMILES string of the molecule is Cc1ccccc1N1CCN(c2ccc(S(C)(=O)=O)cc2)CC1. The Bertz CT molecular complexity index is 777. The molecule has 0 unspecified atom stereocenters.